The topological polar surface area (TPSA) is 69.6 Å². The standard InChI is InChI=1S/C12H7ClF3N5O/c13-7-3-17-10(18-4-7)6-21-5-9(12(14,15)16)20-11(21)8-1-2-19-22-8/h1-5H,6H2. The molecule has 0 N–H and O–H groups in total. The molecule has 3 heterocycles. The lowest BCUT2D eigenvalue weighted by molar-refractivity contribution is -0.140. The highest BCUT2D eigenvalue weighted by molar-refractivity contribution is 6.30. The second kappa shape index (κ2) is 5.41. The number of hydrogen-bond donors (Lipinski definition) is 0. The third-order valence-corrected chi connectivity index (χ3v) is 2.91. The number of nitrogens with zero attached hydrogens (tertiary/aromatic N) is 5. The maximum atomic E-state index is 12.8. The SMILES string of the molecule is FC(F)(F)c1cn(Cc2ncc(Cl)cn2)c(-c2ccno2)n1. The Bertz CT molecular complexity index is 767. The molecule has 0 fully saturated rings. The van der Waals surface area contributed by atoms with Crippen LogP contribution in [0.5, 0.6) is 0 Å². The Kier molecular flexibility index (Phi) is 3.57. The van der Waals surface area contributed by atoms with Gasteiger partial charge < -0.3 is 9.09 Å². The smallest absolute Gasteiger partial charge is 0.353 e. The van der Waals surface area contributed by atoms with Gasteiger partial charge in [0.25, 0.3) is 0 Å². The maximum Gasteiger partial charge on any atom is 0.434 e. The van der Waals surface area contributed by atoms with Gasteiger partial charge >= 0.3 is 6.18 Å². The second-order valence-corrected chi connectivity index (χ2v) is 4.71. The molecule has 0 aliphatic rings. The number of imidazole rings is 1. The molecule has 0 saturated heterocycles. The molecule has 0 unspecified atom stereocenters. The first kappa shape index (κ1) is 14.5. The highest BCUT2D eigenvalue weighted by atomic mass is 35.5. The van der Waals surface area contributed by atoms with E-state index in [0.717, 1.165) is 6.20 Å². The van der Waals surface area contributed by atoms with Crippen LogP contribution in [0.2, 0.25) is 5.02 Å². The van der Waals surface area contributed by atoms with Crippen molar-refractivity contribution >= 4 is 11.6 Å². The normalized spacial score (nSPS) is 11.8. The van der Waals surface area contributed by atoms with Gasteiger partial charge in [0.2, 0.25) is 5.76 Å². The molecule has 0 spiro atoms. The van der Waals surface area contributed by atoms with Crippen molar-refractivity contribution in [3.05, 3.63) is 47.4 Å². The van der Waals surface area contributed by atoms with E-state index in [4.69, 9.17) is 16.1 Å². The van der Waals surface area contributed by atoms with E-state index in [9.17, 15) is 13.2 Å². The zero-order valence-corrected chi connectivity index (χ0v) is 11.5. The molecular weight excluding hydrogens is 323 g/mol. The highest BCUT2D eigenvalue weighted by Crippen LogP contribution is 2.31. The number of halogens is 4. The zero-order chi connectivity index (χ0) is 15.7. The van der Waals surface area contributed by atoms with Crippen molar-refractivity contribution in [2.24, 2.45) is 0 Å². The first-order valence-electron chi connectivity index (χ1n) is 5.95. The lowest BCUT2D eigenvalue weighted by Crippen LogP contribution is -2.06. The van der Waals surface area contributed by atoms with Gasteiger partial charge in [0.1, 0.15) is 5.82 Å². The minimum absolute atomic E-state index is 0.0108. The van der Waals surface area contributed by atoms with E-state index in [-0.39, 0.29) is 24.0 Å². The van der Waals surface area contributed by atoms with Gasteiger partial charge in [-0.3, -0.25) is 0 Å². The van der Waals surface area contributed by atoms with Crippen LogP contribution in [0.15, 0.2) is 35.4 Å². The third kappa shape index (κ3) is 2.93. The Morgan fingerprint density at radius 2 is 1.95 bits per heavy atom. The predicted octanol–water partition coefficient (Wildman–Crippen LogP) is 3.05. The van der Waals surface area contributed by atoms with E-state index in [1.54, 1.807) is 0 Å². The average Bonchev–Trinajstić information content (AvgIpc) is 3.09. The van der Waals surface area contributed by atoms with Crippen LogP contribution in [0.4, 0.5) is 13.2 Å². The molecule has 0 radical (unpaired) electrons. The first-order chi connectivity index (χ1) is 10.4. The largest absolute Gasteiger partial charge is 0.434 e. The van der Waals surface area contributed by atoms with E-state index < -0.39 is 11.9 Å². The molecule has 3 rings (SSSR count). The van der Waals surface area contributed by atoms with Gasteiger partial charge in [-0.1, -0.05) is 16.8 Å². The fourth-order valence-electron chi connectivity index (χ4n) is 1.77. The Hall–Kier alpha value is -2.42. The van der Waals surface area contributed by atoms with Crippen LogP contribution in [0.25, 0.3) is 11.6 Å². The molecule has 0 amide bonds. The number of alkyl halides is 3. The minimum Gasteiger partial charge on any atom is -0.353 e. The molecule has 0 saturated carbocycles. The summed E-state index contributed by atoms with van der Waals surface area (Å²) in [5.74, 6) is 0.393. The highest BCUT2D eigenvalue weighted by Gasteiger charge is 2.35. The van der Waals surface area contributed by atoms with Crippen molar-refractivity contribution in [2.75, 3.05) is 0 Å². The van der Waals surface area contributed by atoms with Crippen molar-refractivity contribution in [3.63, 3.8) is 0 Å². The lowest BCUT2D eigenvalue weighted by atomic mass is 10.4. The van der Waals surface area contributed by atoms with Crippen molar-refractivity contribution in [2.45, 2.75) is 12.7 Å². The Morgan fingerprint density at radius 3 is 2.55 bits per heavy atom. The summed E-state index contributed by atoms with van der Waals surface area (Å²) in [7, 11) is 0. The van der Waals surface area contributed by atoms with Crippen molar-refractivity contribution in [1.82, 2.24) is 24.7 Å². The quantitative estimate of drug-likeness (QED) is 0.738. The lowest BCUT2D eigenvalue weighted by Gasteiger charge is -2.04. The molecule has 0 aromatic carbocycles. The van der Waals surface area contributed by atoms with Crippen molar-refractivity contribution in [3.8, 4) is 11.6 Å². The van der Waals surface area contributed by atoms with Gasteiger partial charge in [0.15, 0.2) is 11.5 Å². The number of aromatic nitrogens is 5. The van der Waals surface area contributed by atoms with Gasteiger partial charge in [-0.2, -0.15) is 13.2 Å². The monoisotopic (exact) mass is 329 g/mol. The maximum absolute atomic E-state index is 12.8. The van der Waals surface area contributed by atoms with Gasteiger partial charge in [-0.05, 0) is 0 Å². The van der Waals surface area contributed by atoms with Crippen LogP contribution in [0.1, 0.15) is 11.5 Å². The molecule has 0 bridgehead atoms. The summed E-state index contributed by atoms with van der Waals surface area (Å²) in [5, 5.41) is 3.81. The van der Waals surface area contributed by atoms with Crippen LogP contribution in [-0.2, 0) is 12.7 Å². The summed E-state index contributed by atoms with van der Waals surface area (Å²) in [5.41, 5.74) is -1.03. The van der Waals surface area contributed by atoms with Crippen LogP contribution in [-0.4, -0.2) is 24.7 Å². The second-order valence-electron chi connectivity index (χ2n) is 4.27. The van der Waals surface area contributed by atoms with Gasteiger partial charge in [0.05, 0.1) is 17.8 Å². The zero-order valence-electron chi connectivity index (χ0n) is 10.8. The molecule has 3 aromatic heterocycles. The Balaban J connectivity index is 2.01. The summed E-state index contributed by atoms with van der Waals surface area (Å²) in [6.45, 7) is -0.0176. The minimum atomic E-state index is -4.57. The summed E-state index contributed by atoms with van der Waals surface area (Å²) >= 11 is 5.67. The molecule has 22 heavy (non-hydrogen) atoms. The van der Waals surface area contributed by atoms with Crippen LogP contribution in [0.3, 0.4) is 0 Å². The van der Waals surface area contributed by atoms with E-state index in [1.807, 2.05) is 0 Å². The van der Waals surface area contributed by atoms with Crippen molar-refractivity contribution < 1.29 is 17.7 Å². The predicted molar refractivity (Wildman–Crippen MR) is 68.9 cm³/mol. The summed E-state index contributed by atoms with van der Waals surface area (Å²) in [4.78, 5) is 11.5. The van der Waals surface area contributed by atoms with Gasteiger partial charge in [-0.15, -0.1) is 0 Å². The molecule has 6 nitrogen and oxygen atoms in total. The molecule has 0 atom stereocenters. The molecule has 3 aromatic rings. The molecule has 10 heteroatoms. The molecule has 0 aliphatic heterocycles. The number of rotatable bonds is 3. The Morgan fingerprint density at radius 1 is 1.23 bits per heavy atom. The van der Waals surface area contributed by atoms with Crippen LogP contribution in [0, 0.1) is 0 Å². The average molecular weight is 330 g/mol. The van der Waals surface area contributed by atoms with E-state index >= 15 is 0 Å². The van der Waals surface area contributed by atoms with Crippen molar-refractivity contribution in [1.29, 1.82) is 0 Å². The summed E-state index contributed by atoms with van der Waals surface area (Å²) < 4.78 is 44.7. The van der Waals surface area contributed by atoms with E-state index in [0.29, 0.717) is 5.02 Å². The fourth-order valence-corrected chi connectivity index (χ4v) is 1.87. The number of hydrogen-bond acceptors (Lipinski definition) is 5. The van der Waals surface area contributed by atoms with Crippen LogP contribution >= 0.6 is 11.6 Å². The van der Waals surface area contributed by atoms with E-state index in [2.05, 4.69) is 20.1 Å². The van der Waals surface area contributed by atoms with Gasteiger partial charge in [0, 0.05) is 24.7 Å². The Labute approximate surface area is 126 Å². The third-order valence-electron chi connectivity index (χ3n) is 2.71. The van der Waals surface area contributed by atoms with Crippen LogP contribution < -0.4 is 0 Å². The molecule has 0 aliphatic carbocycles. The fraction of sp³-hybridized carbons (Fsp3) is 0.167. The molecular formula is C12H7ClF3N5O. The summed E-state index contributed by atoms with van der Waals surface area (Å²) in [6.07, 6.45) is 0.344. The van der Waals surface area contributed by atoms with E-state index in [1.165, 1.54) is 29.2 Å². The van der Waals surface area contributed by atoms with Gasteiger partial charge in [-0.25, -0.2) is 15.0 Å². The first-order valence-corrected chi connectivity index (χ1v) is 6.33. The summed E-state index contributed by atoms with van der Waals surface area (Å²) in [6, 6.07) is 1.42. The molecule has 114 valence electrons.